The van der Waals surface area contributed by atoms with E-state index in [4.69, 9.17) is 0 Å². The molecule has 0 nitrogen and oxygen atoms in total. The lowest BCUT2D eigenvalue weighted by atomic mass is 9.96. The first-order valence-corrected chi connectivity index (χ1v) is 5.12. The van der Waals surface area contributed by atoms with Gasteiger partial charge in [-0.15, -0.1) is 0 Å². The van der Waals surface area contributed by atoms with Crippen molar-refractivity contribution in [2.45, 2.75) is 13.8 Å². The van der Waals surface area contributed by atoms with Crippen molar-refractivity contribution in [3.8, 4) is 11.1 Å². The van der Waals surface area contributed by atoms with E-state index in [1.54, 1.807) is 25.1 Å². The maximum atomic E-state index is 13.7. The van der Waals surface area contributed by atoms with E-state index in [2.05, 4.69) is 0 Å². The highest BCUT2D eigenvalue weighted by molar-refractivity contribution is 5.71. The predicted octanol–water partition coefficient (Wildman–Crippen LogP) is 4.25. The van der Waals surface area contributed by atoms with E-state index in [0.717, 1.165) is 5.56 Å². The van der Waals surface area contributed by atoms with Crippen molar-refractivity contribution in [1.29, 1.82) is 0 Å². The fourth-order valence-electron chi connectivity index (χ4n) is 1.85. The Hall–Kier alpha value is -1.70. The quantitative estimate of drug-likeness (QED) is 0.671. The molecule has 2 aromatic rings. The highest BCUT2D eigenvalue weighted by Crippen LogP contribution is 2.30. The number of benzene rings is 2. The minimum atomic E-state index is -0.311. The fraction of sp³-hybridized carbons (Fsp3) is 0.143. The molecule has 0 aliphatic heterocycles. The minimum absolute atomic E-state index is 0.305. The van der Waals surface area contributed by atoms with Gasteiger partial charge < -0.3 is 0 Å². The Labute approximate surface area is 93.5 Å². The molecule has 0 saturated carbocycles. The summed E-state index contributed by atoms with van der Waals surface area (Å²) < 4.78 is 27.1. The maximum Gasteiger partial charge on any atom is 0.131 e. The van der Waals surface area contributed by atoms with Gasteiger partial charge in [-0.2, -0.15) is 0 Å². The van der Waals surface area contributed by atoms with E-state index >= 15 is 0 Å². The van der Waals surface area contributed by atoms with Gasteiger partial charge in [0.15, 0.2) is 0 Å². The first-order valence-electron chi connectivity index (χ1n) is 5.12. The van der Waals surface area contributed by atoms with Crippen LogP contribution in [0.25, 0.3) is 11.1 Å². The molecule has 0 unspecified atom stereocenters. The predicted molar refractivity (Wildman–Crippen MR) is 61.3 cm³/mol. The molecule has 2 aromatic carbocycles. The third kappa shape index (κ3) is 1.71. The first kappa shape index (κ1) is 10.8. The fourth-order valence-corrected chi connectivity index (χ4v) is 1.85. The van der Waals surface area contributed by atoms with Crippen molar-refractivity contribution in [2.24, 2.45) is 0 Å². The first-order chi connectivity index (χ1) is 7.61. The molecule has 0 saturated heterocycles. The Kier molecular flexibility index (Phi) is 2.73. The van der Waals surface area contributed by atoms with Crippen molar-refractivity contribution in [3.05, 3.63) is 59.2 Å². The molecule has 0 spiro atoms. The average Bonchev–Trinajstić information content (AvgIpc) is 2.24. The van der Waals surface area contributed by atoms with Gasteiger partial charge in [0.25, 0.3) is 0 Å². The largest absolute Gasteiger partial charge is 0.207 e. The summed E-state index contributed by atoms with van der Waals surface area (Å²) in [6.07, 6.45) is 0. The summed E-state index contributed by atoms with van der Waals surface area (Å²) in [5.41, 5.74) is 2.40. The molecular weight excluding hydrogens is 206 g/mol. The Morgan fingerprint density at radius 2 is 1.44 bits per heavy atom. The molecule has 0 fully saturated rings. The van der Waals surface area contributed by atoms with Crippen molar-refractivity contribution in [1.82, 2.24) is 0 Å². The SMILES string of the molecule is Cc1cccc(F)c1-c1cccc(F)c1C. The summed E-state index contributed by atoms with van der Waals surface area (Å²) in [7, 11) is 0. The van der Waals surface area contributed by atoms with Gasteiger partial charge in [0, 0.05) is 5.56 Å². The number of rotatable bonds is 1. The summed E-state index contributed by atoms with van der Waals surface area (Å²) in [6, 6.07) is 9.60. The van der Waals surface area contributed by atoms with Crippen LogP contribution in [0, 0.1) is 25.5 Å². The van der Waals surface area contributed by atoms with Gasteiger partial charge >= 0.3 is 0 Å². The smallest absolute Gasteiger partial charge is 0.131 e. The van der Waals surface area contributed by atoms with Crippen molar-refractivity contribution in [3.63, 3.8) is 0 Å². The van der Waals surface area contributed by atoms with Gasteiger partial charge in [-0.25, -0.2) is 8.78 Å². The van der Waals surface area contributed by atoms with Crippen molar-refractivity contribution >= 4 is 0 Å². The Morgan fingerprint density at radius 1 is 0.812 bits per heavy atom. The highest BCUT2D eigenvalue weighted by atomic mass is 19.1. The Balaban J connectivity index is 2.73. The van der Waals surface area contributed by atoms with Crippen LogP contribution in [0.15, 0.2) is 36.4 Å². The lowest BCUT2D eigenvalue weighted by Crippen LogP contribution is -1.93. The molecule has 0 aliphatic carbocycles. The summed E-state index contributed by atoms with van der Waals surface area (Å²) >= 11 is 0. The van der Waals surface area contributed by atoms with Crippen LogP contribution in [0.2, 0.25) is 0 Å². The molecule has 0 amide bonds. The van der Waals surface area contributed by atoms with Crippen molar-refractivity contribution < 1.29 is 8.78 Å². The Bertz CT molecular complexity index is 510. The molecule has 2 rings (SSSR count). The van der Waals surface area contributed by atoms with E-state index in [1.807, 2.05) is 13.0 Å². The zero-order chi connectivity index (χ0) is 11.7. The molecule has 82 valence electrons. The molecule has 0 atom stereocenters. The van der Waals surface area contributed by atoms with Crippen LogP contribution < -0.4 is 0 Å². The van der Waals surface area contributed by atoms with Crippen molar-refractivity contribution in [2.75, 3.05) is 0 Å². The van der Waals surface area contributed by atoms with Gasteiger partial charge in [-0.05, 0) is 42.7 Å². The third-order valence-corrected chi connectivity index (χ3v) is 2.76. The highest BCUT2D eigenvalue weighted by Gasteiger charge is 2.12. The number of aryl methyl sites for hydroxylation is 1. The second-order valence-electron chi connectivity index (χ2n) is 3.84. The number of halogens is 2. The third-order valence-electron chi connectivity index (χ3n) is 2.76. The van der Waals surface area contributed by atoms with Gasteiger partial charge in [-0.3, -0.25) is 0 Å². The number of hydrogen-bond acceptors (Lipinski definition) is 0. The molecule has 0 aromatic heterocycles. The van der Waals surface area contributed by atoms with E-state index < -0.39 is 0 Å². The van der Waals surface area contributed by atoms with Gasteiger partial charge in [0.2, 0.25) is 0 Å². The van der Waals surface area contributed by atoms with Crippen LogP contribution in [0.3, 0.4) is 0 Å². The van der Waals surface area contributed by atoms with E-state index in [1.165, 1.54) is 12.1 Å². The normalized spacial score (nSPS) is 10.5. The molecular formula is C14H12F2. The maximum absolute atomic E-state index is 13.7. The van der Waals surface area contributed by atoms with Crippen LogP contribution in [0.1, 0.15) is 11.1 Å². The zero-order valence-corrected chi connectivity index (χ0v) is 9.22. The Morgan fingerprint density at radius 3 is 2.12 bits per heavy atom. The second-order valence-corrected chi connectivity index (χ2v) is 3.84. The second kappa shape index (κ2) is 4.05. The van der Waals surface area contributed by atoms with Crippen LogP contribution in [0.5, 0.6) is 0 Å². The molecule has 0 heterocycles. The molecule has 0 radical (unpaired) electrons. The topological polar surface area (TPSA) is 0 Å². The summed E-state index contributed by atoms with van der Waals surface area (Å²) in [6.45, 7) is 3.49. The van der Waals surface area contributed by atoms with Crippen LogP contribution in [-0.2, 0) is 0 Å². The van der Waals surface area contributed by atoms with Crippen LogP contribution in [-0.4, -0.2) is 0 Å². The zero-order valence-electron chi connectivity index (χ0n) is 9.22. The molecule has 0 N–H and O–H groups in total. The molecule has 16 heavy (non-hydrogen) atoms. The average molecular weight is 218 g/mol. The van der Waals surface area contributed by atoms with Crippen LogP contribution in [0.4, 0.5) is 8.78 Å². The van der Waals surface area contributed by atoms with Gasteiger partial charge in [0.05, 0.1) is 0 Å². The standard InChI is InChI=1S/C14H12F2/c1-9-5-3-8-13(16)14(9)11-6-4-7-12(15)10(11)2/h3-8H,1-2H3. The van der Waals surface area contributed by atoms with E-state index in [-0.39, 0.29) is 11.6 Å². The minimum Gasteiger partial charge on any atom is -0.207 e. The van der Waals surface area contributed by atoms with E-state index in [9.17, 15) is 8.78 Å². The van der Waals surface area contributed by atoms with Crippen LogP contribution >= 0.6 is 0 Å². The molecule has 2 heteroatoms. The molecule has 0 aliphatic rings. The monoisotopic (exact) mass is 218 g/mol. The number of hydrogen-bond donors (Lipinski definition) is 0. The van der Waals surface area contributed by atoms with E-state index in [0.29, 0.717) is 16.7 Å². The van der Waals surface area contributed by atoms with Gasteiger partial charge in [0.1, 0.15) is 11.6 Å². The summed E-state index contributed by atoms with van der Waals surface area (Å²) in [4.78, 5) is 0. The summed E-state index contributed by atoms with van der Waals surface area (Å²) in [5, 5.41) is 0. The lowest BCUT2D eigenvalue weighted by Gasteiger charge is -2.10. The summed E-state index contributed by atoms with van der Waals surface area (Å²) in [5.74, 6) is -0.617. The molecule has 0 bridgehead atoms. The lowest BCUT2D eigenvalue weighted by molar-refractivity contribution is 0.616. The van der Waals surface area contributed by atoms with Gasteiger partial charge in [-0.1, -0.05) is 24.3 Å².